The summed E-state index contributed by atoms with van der Waals surface area (Å²) in [6, 6.07) is 21.0. The SMILES string of the molecule is CC(C(=O)NC1CCCCC1)N(Cc1ccccc1Cl)C(=O)CN(c1ccc(Br)cc1)S(=O)(=O)c1ccccc1. The highest BCUT2D eigenvalue weighted by molar-refractivity contribution is 9.10. The summed E-state index contributed by atoms with van der Waals surface area (Å²) in [7, 11) is -4.10. The van der Waals surface area contributed by atoms with E-state index in [1.165, 1.54) is 17.0 Å². The van der Waals surface area contributed by atoms with Gasteiger partial charge >= 0.3 is 0 Å². The molecule has 3 aromatic carbocycles. The maximum Gasteiger partial charge on any atom is 0.264 e. The molecule has 1 aliphatic rings. The van der Waals surface area contributed by atoms with E-state index in [-0.39, 0.29) is 23.4 Å². The Morgan fingerprint density at radius 3 is 2.23 bits per heavy atom. The molecule has 1 saturated carbocycles. The Morgan fingerprint density at radius 2 is 1.57 bits per heavy atom. The second-order valence-electron chi connectivity index (χ2n) is 9.93. The van der Waals surface area contributed by atoms with Crippen molar-refractivity contribution in [3.8, 4) is 0 Å². The van der Waals surface area contributed by atoms with Gasteiger partial charge in [-0.3, -0.25) is 13.9 Å². The van der Waals surface area contributed by atoms with Crippen molar-refractivity contribution >= 4 is 55.1 Å². The van der Waals surface area contributed by atoms with E-state index in [1.54, 1.807) is 67.6 Å². The zero-order valence-corrected chi connectivity index (χ0v) is 25.5. The van der Waals surface area contributed by atoms with Crippen LogP contribution < -0.4 is 9.62 Å². The largest absolute Gasteiger partial charge is 0.352 e. The van der Waals surface area contributed by atoms with Gasteiger partial charge in [0.15, 0.2) is 0 Å². The van der Waals surface area contributed by atoms with Gasteiger partial charge in [0.05, 0.1) is 10.6 Å². The fourth-order valence-electron chi connectivity index (χ4n) is 4.82. The van der Waals surface area contributed by atoms with Crippen LogP contribution in [0.25, 0.3) is 0 Å². The summed E-state index contributed by atoms with van der Waals surface area (Å²) in [6.45, 7) is 1.23. The predicted octanol–water partition coefficient (Wildman–Crippen LogP) is 6.16. The normalized spacial score (nSPS) is 14.8. The third-order valence-corrected chi connectivity index (χ3v) is 9.83. The Labute approximate surface area is 249 Å². The highest BCUT2D eigenvalue weighted by Crippen LogP contribution is 2.27. The first kappa shape index (κ1) is 30.1. The number of amides is 2. The molecular weight excluding hydrogens is 614 g/mol. The summed E-state index contributed by atoms with van der Waals surface area (Å²) in [4.78, 5) is 28.9. The summed E-state index contributed by atoms with van der Waals surface area (Å²) in [5, 5.41) is 3.56. The van der Waals surface area contributed by atoms with Crippen LogP contribution >= 0.6 is 27.5 Å². The summed E-state index contributed by atoms with van der Waals surface area (Å²) in [6.07, 6.45) is 5.08. The summed E-state index contributed by atoms with van der Waals surface area (Å²) in [5.41, 5.74) is 0.994. The van der Waals surface area contributed by atoms with Gasteiger partial charge in [0.1, 0.15) is 12.6 Å². The first-order chi connectivity index (χ1) is 19.2. The quantitative estimate of drug-likeness (QED) is 0.286. The average Bonchev–Trinajstić information content (AvgIpc) is 2.96. The fourth-order valence-corrected chi connectivity index (χ4v) is 6.71. The van der Waals surface area contributed by atoms with Crippen molar-refractivity contribution in [2.45, 2.75) is 62.6 Å². The van der Waals surface area contributed by atoms with Gasteiger partial charge < -0.3 is 10.2 Å². The Hall–Kier alpha value is -2.88. The highest BCUT2D eigenvalue weighted by Gasteiger charge is 2.33. The molecule has 212 valence electrons. The van der Waals surface area contributed by atoms with Gasteiger partial charge in [0, 0.05) is 22.1 Å². The molecule has 1 aliphatic carbocycles. The van der Waals surface area contributed by atoms with Crippen molar-refractivity contribution in [2.75, 3.05) is 10.8 Å². The molecule has 1 unspecified atom stereocenters. The Morgan fingerprint density at radius 1 is 0.950 bits per heavy atom. The number of anilines is 1. The van der Waals surface area contributed by atoms with Gasteiger partial charge in [-0.2, -0.15) is 0 Å². The highest BCUT2D eigenvalue weighted by atomic mass is 79.9. The Bertz CT molecular complexity index is 1410. The molecule has 1 fully saturated rings. The van der Waals surface area contributed by atoms with Crippen LogP contribution in [0.2, 0.25) is 5.02 Å². The second-order valence-corrected chi connectivity index (χ2v) is 13.1. The van der Waals surface area contributed by atoms with E-state index in [4.69, 9.17) is 11.6 Å². The van der Waals surface area contributed by atoms with Crippen LogP contribution in [0.15, 0.2) is 88.2 Å². The van der Waals surface area contributed by atoms with E-state index in [2.05, 4.69) is 21.2 Å². The van der Waals surface area contributed by atoms with Crippen molar-refractivity contribution in [2.24, 2.45) is 0 Å². The van der Waals surface area contributed by atoms with Crippen LogP contribution in [-0.4, -0.2) is 43.8 Å². The van der Waals surface area contributed by atoms with Gasteiger partial charge in [-0.1, -0.05) is 83.2 Å². The van der Waals surface area contributed by atoms with Crippen molar-refractivity contribution < 1.29 is 18.0 Å². The molecule has 0 bridgehead atoms. The molecule has 2 amide bonds. The van der Waals surface area contributed by atoms with Crippen molar-refractivity contribution in [3.05, 3.63) is 93.9 Å². The lowest BCUT2D eigenvalue weighted by atomic mass is 9.95. The maximum absolute atomic E-state index is 14.0. The smallest absolute Gasteiger partial charge is 0.264 e. The molecule has 0 spiro atoms. The minimum atomic E-state index is -4.10. The third kappa shape index (κ3) is 7.44. The molecule has 0 radical (unpaired) electrons. The number of rotatable bonds is 10. The van der Waals surface area contributed by atoms with Gasteiger partial charge in [0.2, 0.25) is 11.8 Å². The molecule has 1 atom stereocenters. The number of carbonyl (C=O) groups excluding carboxylic acids is 2. The minimum absolute atomic E-state index is 0.0529. The second kappa shape index (κ2) is 13.7. The zero-order valence-electron chi connectivity index (χ0n) is 22.3. The molecular formula is C30H33BrClN3O4S. The van der Waals surface area contributed by atoms with Crippen LogP contribution in [0, 0.1) is 0 Å². The van der Waals surface area contributed by atoms with Crippen LogP contribution in [0.5, 0.6) is 0 Å². The van der Waals surface area contributed by atoms with E-state index in [0.29, 0.717) is 16.3 Å². The van der Waals surface area contributed by atoms with E-state index in [1.807, 2.05) is 6.07 Å². The fraction of sp³-hybridized carbons (Fsp3) is 0.333. The molecule has 0 saturated heterocycles. The monoisotopic (exact) mass is 645 g/mol. The van der Waals surface area contributed by atoms with Crippen molar-refractivity contribution in [3.63, 3.8) is 0 Å². The Kier molecular flexibility index (Phi) is 10.3. The van der Waals surface area contributed by atoms with E-state index >= 15 is 0 Å². The molecule has 1 N–H and O–H groups in total. The standard InChI is InChI=1S/C30H33BrClN3O4S/c1-22(30(37)33-25-11-4-2-5-12-25)34(20-23-10-8-9-15-28(23)32)29(36)21-35(26-18-16-24(31)17-19-26)40(38,39)27-13-6-3-7-14-27/h3,6-10,13-19,22,25H,2,4-5,11-12,20-21H2,1H3,(H,33,37). The molecule has 4 rings (SSSR count). The number of nitrogens with zero attached hydrogens (tertiary/aromatic N) is 2. The number of carbonyl (C=O) groups is 2. The van der Waals surface area contributed by atoms with Crippen LogP contribution in [-0.2, 0) is 26.2 Å². The van der Waals surface area contributed by atoms with E-state index < -0.39 is 28.5 Å². The van der Waals surface area contributed by atoms with Crippen molar-refractivity contribution in [1.82, 2.24) is 10.2 Å². The number of halogens is 2. The number of nitrogens with one attached hydrogen (secondary N) is 1. The third-order valence-electron chi connectivity index (χ3n) is 7.14. The number of sulfonamides is 1. The van der Waals surface area contributed by atoms with Gasteiger partial charge in [-0.15, -0.1) is 0 Å². The van der Waals surface area contributed by atoms with E-state index in [0.717, 1.165) is 40.9 Å². The molecule has 3 aromatic rings. The molecule has 7 nitrogen and oxygen atoms in total. The van der Waals surface area contributed by atoms with Gasteiger partial charge in [-0.25, -0.2) is 8.42 Å². The van der Waals surface area contributed by atoms with Gasteiger partial charge in [-0.05, 0) is 67.8 Å². The predicted molar refractivity (Wildman–Crippen MR) is 162 cm³/mol. The molecule has 0 aromatic heterocycles. The topological polar surface area (TPSA) is 86.8 Å². The number of hydrogen-bond donors (Lipinski definition) is 1. The summed E-state index contributed by atoms with van der Waals surface area (Å²) >= 11 is 9.82. The maximum atomic E-state index is 14.0. The molecule has 0 aliphatic heterocycles. The molecule has 40 heavy (non-hydrogen) atoms. The lowest BCUT2D eigenvalue weighted by Gasteiger charge is -2.33. The lowest BCUT2D eigenvalue weighted by Crippen LogP contribution is -2.53. The molecule has 10 heteroatoms. The lowest BCUT2D eigenvalue weighted by molar-refractivity contribution is -0.139. The van der Waals surface area contributed by atoms with Crippen molar-refractivity contribution in [1.29, 1.82) is 0 Å². The minimum Gasteiger partial charge on any atom is -0.352 e. The summed E-state index contributed by atoms with van der Waals surface area (Å²) < 4.78 is 29.5. The molecule has 0 heterocycles. The Balaban J connectivity index is 1.67. The van der Waals surface area contributed by atoms with E-state index in [9.17, 15) is 18.0 Å². The van der Waals surface area contributed by atoms with Crippen LogP contribution in [0.4, 0.5) is 5.69 Å². The zero-order chi connectivity index (χ0) is 28.7. The van der Waals surface area contributed by atoms with Crippen LogP contribution in [0.3, 0.4) is 0 Å². The number of benzene rings is 3. The summed E-state index contributed by atoms with van der Waals surface area (Å²) in [5.74, 6) is -0.790. The first-order valence-electron chi connectivity index (χ1n) is 13.3. The average molecular weight is 647 g/mol. The number of hydrogen-bond acceptors (Lipinski definition) is 4. The van der Waals surface area contributed by atoms with Crippen LogP contribution in [0.1, 0.15) is 44.6 Å². The first-order valence-corrected chi connectivity index (χ1v) is 15.9. The van der Waals surface area contributed by atoms with Gasteiger partial charge in [0.25, 0.3) is 10.0 Å².